The van der Waals surface area contributed by atoms with Crippen LogP contribution in [0.1, 0.15) is 77.0 Å². The van der Waals surface area contributed by atoms with Crippen LogP contribution in [0.2, 0.25) is 0 Å². The number of nitrogens with zero attached hydrogens (tertiary/aromatic N) is 4. The van der Waals surface area contributed by atoms with Gasteiger partial charge in [0.2, 0.25) is 0 Å². The Bertz CT molecular complexity index is 414. The van der Waals surface area contributed by atoms with E-state index in [4.69, 9.17) is 21.0 Å². The molecule has 0 aliphatic rings. The van der Waals surface area contributed by atoms with E-state index in [1.54, 1.807) is 0 Å². The molecule has 0 amide bonds. The monoisotopic (exact) mass is 284 g/mol. The molecule has 0 aromatic heterocycles. The van der Waals surface area contributed by atoms with E-state index in [-0.39, 0.29) is 6.42 Å². The summed E-state index contributed by atoms with van der Waals surface area (Å²) in [6.45, 7) is 0. The maximum atomic E-state index is 9.03. The first-order valence-electron chi connectivity index (χ1n) is 7.81. The van der Waals surface area contributed by atoms with E-state index in [1.165, 1.54) is 25.7 Å². The van der Waals surface area contributed by atoms with E-state index in [9.17, 15) is 0 Å². The van der Waals surface area contributed by atoms with Crippen molar-refractivity contribution in [1.29, 1.82) is 21.0 Å². The van der Waals surface area contributed by atoms with Crippen LogP contribution in [-0.2, 0) is 0 Å². The number of unbranched alkanes of at least 4 members (excludes halogenated alkanes) is 9. The topological polar surface area (TPSA) is 95.2 Å². The summed E-state index contributed by atoms with van der Waals surface area (Å²) >= 11 is 0. The van der Waals surface area contributed by atoms with Gasteiger partial charge < -0.3 is 0 Å². The fourth-order valence-electron chi connectivity index (χ4n) is 2.31. The fraction of sp³-hybridized carbons (Fsp3) is 0.765. The second kappa shape index (κ2) is 13.0. The molecule has 0 spiro atoms. The van der Waals surface area contributed by atoms with Crippen LogP contribution in [0.25, 0.3) is 0 Å². The molecule has 0 aliphatic carbocycles. The lowest BCUT2D eigenvalue weighted by Gasteiger charge is -2.13. The highest BCUT2D eigenvalue weighted by atomic mass is 14.4. The highest BCUT2D eigenvalue weighted by Crippen LogP contribution is 2.27. The molecule has 0 atom stereocenters. The van der Waals surface area contributed by atoms with Crippen molar-refractivity contribution in [3.63, 3.8) is 0 Å². The number of hydrogen-bond donors (Lipinski definition) is 0. The van der Waals surface area contributed by atoms with Crippen molar-refractivity contribution in [2.24, 2.45) is 5.41 Å². The number of nitriles is 4. The number of rotatable bonds is 12. The van der Waals surface area contributed by atoms with Gasteiger partial charge in [-0.15, -0.1) is 0 Å². The lowest BCUT2D eigenvalue weighted by atomic mass is 9.83. The SMILES string of the molecule is N#CCCCCCCCCCCCC(C#N)(C#N)CC#N. The molecule has 0 bridgehead atoms. The predicted molar refractivity (Wildman–Crippen MR) is 80.3 cm³/mol. The zero-order chi connectivity index (χ0) is 15.8. The van der Waals surface area contributed by atoms with Gasteiger partial charge >= 0.3 is 0 Å². The van der Waals surface area contributed by atoms with Gasteiger partial charge in [-0.2, -0.15) is 21.0 Å². The van der Waals surface area contributed by atoms with Gasteiger partial charge in [0, 0.05) is 6.42 Å². The molecule has 112 valence electrons. The fourth-order valence-corrected chi connectivity index (χ4v) is 2.31. The van der Waals surface area contributed by atoms with Gasteiger partial charge in [0.25, 0.3) is 0 Å². The Kier molecular flexibility index (Phi) is 11.7. The van der Waals surface area contributed by atoms with Crippen LogP contribution >= 0.6 is 0 Å². The van der Waals surface area contributed by atoms with Gasteiger partial charge in [0.15, 0.2) is 5.41 Å². The first-order chi connectivity index (χ1) is 10.2. The summed E-state index contributed by atoms with van der Waals surface area (Å²) in [7, 11) is 0. The third kappa shape index (κ3) is 9.49. The Hall–Kier alpha value is -2.04. The number of hydrogen-bond acceptors (Lipinski definition) is 4. The average Bonchev–Trinajstić information content (AvgIpc) is 2.51. The molecule has 0 heterocycles. The minimum atomic E-state index is -1.10. The van der Waals surface area contributed by atoms with E-state index in [0.717, 1.165) is 32.1 Å². The molecule has 0 aliphatic heterocycles. The Balaban J connectivity index is 3.52. The molecule has 0 saturated carbocycles. The maximum Gasteiger partial charge on any atom is 0.156 e. The van der Waals surface area contributed by atoms with Gasteiger partial charge in [-0.3, -0.25) is 0 Å². The summed E-state index contributed by atoms with van der Waals surface area (Å²) in [6, 6.07) is 8.08. The van der Waals surface area contributed by atoms with Crippen molar-refractivity contribution >= 4 is 0 Å². The predicted octanol–water partition coefficient (Wildman–Crippen LogP) is 4.75. The van der Waals surface area contributed by atoms with Gasteiger partial charge in [-0.25, -0.2) is 0 Å². The summed E-state index contributed by atoms with van der Waals surface area (Å²) < 4.78 is 0. The molecule has 0 aromatic carbocycles. The highest BCUT2D eigenvalue weighted by Gasteiger charge is 2.29. The van der Waals surface area contributed by atoms with E-state index < -0.39 is 5.41 Å². The van der Waals surface area contributed by atoms with Crippen LogP contribution in [0.5, 0.6) is 0 Å². The van der Waals surface area contributed by atoms with Crippen LogP contribution in [0.4, 0.5) is 0 Å². The van der Waals surface area contributed by atoms with Crippen LogP contribution < -0.4 is 0 Å². The summed E-state index contributed by atoms with van der Waals surface area (Å²) in [6.07, 6.45) is 11.1. The summed E-state index contributed by atoms with van der Waals surface area (Å²) in [4.78, 5) is 0. The molecule has 0 N–H and O–H groups in total. The molecule has 0 radical (unpaired) electrons. The highest BCUT2D eigenvalue weighted by molar-refractivity contribution is 5.16. The second-order valence-corrected chi connectivity index (χ2v) is 5.48. The molecule has 0 rings (SSSR count). The van der Waals surface area contributed by atoms with Gasteiger partial charge in [-0.05, 0) is 12.8 Å². The minimum Gasteiger partial charge on any atom is -0.198 e. The summed E-state index contributed by atoms with van der Waals surface area (Å²) in [5, 5.41) is 35.1. The van der Waals surface area contributed by atoms with Crippen LogP contribution in [0.3, 0.4) is 0 Å². The maximum absolute atomic E-state index is 9.03. The van der Waals surface area contributed by atoms with E-state index in [1.807, 2.05) is 18.2 Å². The molecule has 0 fully saturated rings. The van der Waals surface area contributed by atoms with Gasteiger partial charge in [-0.1, -0.05) is 51.4 Å². The molecular weight excluding hydrogens is 260 g/mol. The quantitative estimate of drug-likeness (QED) is 0.483. The Labute approximate surface area is 128 Å². The zero-order valence-corrected chi connectivity index (χ0v) is 12.8. The van der Waals surface area contributed by atoms with E-state index in [0.29, 0.717) is 12.8 Å². The minimum absolute atomic E-state index is 0.00268. The standard InChI is InChI=1S/C17H24N4/c18-13-10-8-6-4-2-1-3-5-7-9-11-17(15-20,16-21)12-14-19/h1-12H2. The smallest absolute Gasteiger partial charge is 0.156 e. The normalized spacial score (nSPS) is 10.1. The van der Waals surface area contributed by atoms with Crippen molar-refractivity contribution in [3.05, 3.63) is 0 Å². The molecule has 0 unspecified atom stereocenters. The third-order valence-electron chi connectivity index (χ3n) is 3.70. The summed E-state index contributed by atoms with van der Waals surface area (Å²) in [5.74, 6) is 0. The van der Waals surface area contributed by atoms with E-state index >= 15 is 0 Å². The van der Waals surface area contributed by atoms with Crippen molar-refractivity contribution < 1.29 is 0 Å². The van der Waals surface area contributed by atoms with E-state index in [2.05, 4.69) is 6.07 Å². The molecule has 21 heavy (non-hydrogen) atoms. The summed E-state index contributed by atoms with van der Waals surface area (Å²) in [5.41, 5.74) is -1.10. The lowest BCUT2D eigenvalue weighted by Crippen LogP contribution is -2.15. The Morgan fingerprint density at radius 2 is 1.05 bits per heavy atom. The molecular formula is C17H24N4. The van der Waals surface area contributed by atoms with Gasteiger partial charge in [0.1, 0.15) is 0 Å². The van der Waals surface area contributed by atoms with Crippen molar-refractivity contribution in [3.8, 4) is 24.3 Å². The van der Waals surface area contributed by atoms with Crippen LogP contribution in [0.15, 0.2) is 0 Å². The Morgan fingerprint density at radius 1 is 0.571 bits per heavy atom. The molecule has 0 aromatic rings. The van der Waals surface area contributed by atoms with Gasteiger partial charge in [0.05, 0.1) is 30.7 Å². The first kappa shape index (κ1) is 19.0. The van der Waals surface area contributed by atoms with Crippen molar-refractivity contribution in [1.82, 2.24) is 0 Å². The Morgan fingerprint density at radius 3 is 1.48 bits per heavy atom. The van der Waals surface area contributed by atoms with Crippen molar-refractivity contribution in [2.45, 2.75) is 77.0 Å². The molecule has 4 nitrogen and oxygen atoms in total. The van der Waals surface area contributed by atoms with Crippen LogP contribution in [0, 0.1) is 50.7 Å². The van der Waals surface area contributed by atoms with Crippen LogP contribution in [-0.4, -0.2) is 0 Å². The molecule has 4 heteroatoms. The average molecular weight is 284 g/mol. The largest absolute Gasteiger partial charge is 0.198 e. The first-order valence-corrected chi connectivity index (χ1v) is 7.81. The lowest BCUT2D eigenvalue weighted by molar-refractivity contribution is 0.446. The van der Waals surface area contributed by atoms with Crippen molar-refractivity contribution in [2.75, 3.05) is 0 Å². The zero-order valence-electron chi connectivity index (χ0n) is 12.8. The second-order valence-electron chi connectivity index (χ2n) is 5.48. The molecule has 0 saturated heterocycles. The third-order valence-corrected chi connectivity index (χ3v) is 3.70.